The van der Waals surface area contributed by atoms with Crippen molar-refractivity contribution < 1.29 is 9.31 Å². The molecule has 3 rings (SSSR count). The van der Waals surface area contributed by atoms with Crippen LogP contribution in [0.5, 0.6) is 0 Å². The maximum atomic E-state index is 6.11. The van der Waals surface area contributed by atoms with Crippen molar-refractivity contribution in [2.75, 3.05) is 12.4 Å². The molecule has 3 heterocycles. The number of aryl methyl sites for hydroxylation is 1. The number of pyridine rings is 1. The zero-order chi connectivity index (χ0) is 16.1. The molecule has 0 spiro atoms. The van der Waals surface area contributed by atoms with Crippen LogP contribution in [0.25, 0.3) is 11.0 Å². The van der Waals surface area contributed by atoms with Gasteiger partial charge in [-0.1, -0.05) is 0 Å². The number of fused-ring (bicyclic) bond motifs is 1. The standard InChI is InChI=1S/C15H21BN4O2/c1-9-11(16-21-14(2,3)15(4,5)22-16)7-10-8-18-13(17-6)20-12(10)19-9/h7-8H,1-6H3,(H,17,18,19,20). The molecule has 1 saturated heterocycles. The molecule has 1 N–H and O–H groups in total. The molecule has 0 aromatic carbocycles. The van der Waals surface area contributed by atoms with Crippen molar-refractivity contribution in [1.82, 2.24) is 15.0 Å². The topological polar surface area (TPSA) is 69.2 Å². The van der Waals surface area contributed by atoms with E-state index in [4.69, 9.17) is 9.31 Å². The van der Waals surface area contributed by atoms with E-state index >= 15 is 0 Å². The molecular formula is C15H21BN4O2. The Morgan fingerprint density at radius 3 is 2.32 bits per heavy atom. The lowest BCUT2D eigenvalue weighted by Gasteiger charge is -2.32. The normalized spacial score (nSPS) is 19.6. The van der Waals surface area contributed by atoms with E-state index < -0.39 is 7.12 Å². The van der Waals surface area contributed by atoms with Gasteiger partial charge in [0.1, 0.15) is 0 Å². The Kier molecular flexibility index (Phi) is 3.38. The summed E-state index contributed by atoms with van der Waals surface area (Å²) in [6, 6.07) is 2.00. The van der Waals surface area contributed by atoms with Crippen molar-refractivity contribution in [2.45, 2.75) is 45.8 Å². The number of rotatable bonds is 2. The lowest BCUT2D eigenvalue weighted by atomic mass is 9.77. The van der Waals surface area contributed by atoms with Crippen molar-refractivity contribution in [2.24, 2.45) is 0 Å². The van der Waals surface area contributed by atoms with Gasteiger partial charge in [-0.25, -0.2) is 9.97 Å². The van der Waals surface area contributed by atoms with Gasteiger partial charge in [0.15, 0.2) is 5.65 Å². The molecule has 116 valence electrons. The van der Waals surface area contributed by atoms with Crippen LogP contribution in [0.4, 0.5) is 5.95 Å². The van der Waals surface area contributed by atoms with Crippen LogP contribution in [0.1, 0.15) is 33.4 Å². The minimum Gasteiger partial charge on any atom is -0.399 e. The summed E-state index contributed by atoms with van der Waals surface area (Å²) >= 11 is 0. The van der Waals surface area contributed by atoms with Crippen molar-refractivity contribution in [3.63, 3.8) is 0 Å². The van der Waals surface area contributed by atoms with E-state index in [0.29, 0.717) is 11.6 Å². The quantitative estimate of drug-likeness (QED) is 0.851. The molecule has 0 bridgehead atoms. The second-order valence-electron chi connectivity index (χ2n) is 6.61. The number of nitrogens with zero attached hydrogens (tertiary/aromatic N) is 3. The Balaban J connectivity index is 2.04. The summed E-state index contributed by atoms with van der Waals surface area (Å²) < 4.78 is 12.2. The first-order valence-electron chi connectivity index (χ1n) is 7.41. The summed E-state index contributed by atoms with van der Waals surface area (Å²) in [5.41, 5.74) is 1.70. The molecule has 0 radical (unpaired) electrons. The van der Waals surface area contributed by atoms with Crippen LogP contribution in [0.15, 0.2) is 12.3 Å². The van der Waals surface area contributed by atoms with Gasteiger partial charge in [0, 0.05) is 29.8 Å². The Hall–Kier alpha value is -1.73. The van der Waals surface area contributed by atoms with Crippen LogP contribution >= 0.6 is 0 Å². The number of nitrogens with one attached hydrogen (secondary N) is 1. The average molecular weight is 300 g/mol. The zero-order valence-electron chi connectivity index (χ0n) is 13.9. The Labute approximate surface area is 130 Å². The van der Waals surface area contributed by atoms with E-state index in [1.165, 1.54) is 0 Å². The van der Waals surface area contributed by atoms with Crippen LogP contribution < -0.4 is 10.8 Å². The third-order valence-electron chi connectivity index (χ3n) is 4.53. The van der Waals surface area contributed by atoms with Crippen LogP contribution in [0, 0.1) is 6.92 Å². The van der Waals surface area contributed by atoms with Gasteiger partial charge < -0.3 is 14.6 Å². The Bertz CT molecular complexity index is 717. The first-order chi connectivity index (χ1) is 10.2. The lowest BCUT2D eigenvalue weighted by molar-refractivity contribution is 0.00578. The molecule has 1 aliphatic rings. The molecule has 0 amide bonds. The highest BCUT2D eigenvalue weighted by atomic mass is 16.7. The van der Waals surface area contributed by atoms with Crippen molar-refractivity contribution >= 4 is 29.6 Å². The largest absolute Gasteiger partial charge is 0.496 e. The lowest BCUT2D eigenvalue weighted by Crippen LogP contribution is -2.41. The molecule has 2 aromatic heterocycles. The molecule has 0 unspecified atom stereocenters. The molecule has 0 atom stereocenters. The summed E-state index contributed by atoms with van der Waals surface area (Å²) in [6.45, 7) is 10.1. The molecule has 1 fully saturated rings. The van der Waals surface area contributed by atoms with Crippen molar-refractivity contribution in [1.29, 1.82) is 0 Å². The fourth-order valence-corrected chi connectivity index (χ4v) is 2.40. The molecule has 1 aliphatic heterocycles. The average Bonchev–Trinajstić information content (AvgIpc) is 2.65. The molecule has 2 aromatic rings. The first kappa shape index (κ1) is 15.2. The second kappa shape index (κ2) is 4.89. The van der Waals surface area contributed by atoms with Crippen molar-refractivity contribution in [3.8, 4) is 0 Å². The van der Waals surface area contributed by atoms with Gasteiger partial charge in [0.05, 0.1) is 11.2 Å². The van der Waals surface area contributed by atoms with Gasteiger partial charge in [0.2, 0.25) is 5.95 Å². The maximum absolute atomic E-state index is 6.11. The van der Waals surface area contributed by atoms with E-state index in [1.54, 1.807) is 13.2 Å². The third-order valence-corrected chi connectivity index (χ3v) is 4.53. The smallest absolute Gasteiger partial charge is 0.399 e. The summed E-state index contributed by atoms with van der Waals surface area (Å²) in [6.07, 6.45) is 1.76. The Morgan fingerprint density at radius 1 is 1.09 bits per heavy atom. The summed E-state index contributed by atoms with van der Waals surface area (Å²) in [7, 11) is 1.36. The molecule has 22 heavy (non-hydrogen) atoms. The minimum absolute atomic E-state index is 0.369. The SMILES string of the molecule is CNc1ncc2cc(B3OC(C)(C)C(C)(C)O3)c(C)nc2n1. The number of aromatic nitrogens is 3. The van der Waals surface area contributed by atoms with E-state index in [1.807, 2.05) is 40.7 Å². The number of hydrogen-bond acceptors (Lipinski definition) is 6. The van der Waals surface area contributed by atoms with Crippen LogP contribution in [0.2, 0.25) is 0 Å². The summed E-state index contributed by atoms with van der Waals surface area (Å²) in [5.74, 6) is 0.558. The van der Waals surface area contributed by atoms with E-state index in [-0.39, 0.29) is 11.2 Å². The predicted octanol–water partition coefficient (Wildman–Crippen LogP) is 1.67. The zero-order valence-corrected chi connectivity index (χ0v) is 13.9. The summed E-state index contributed by atoms with van der Waals surface area (Å²) in [4.78, 5) is 13.2. The Morgan fingerprint density at radius 2 is 1.73 bits per heavy atom. The molecule has 7 heteroatoms. The second-order valence-corrected chi connectivity index (χ2v) is 6.61. The monoisotopic (exact) mass is 300 g/mol. The van der Waals surface area contributed by atoms with Gasteiger partial charge in [-0.2, -0.15) is 4.98 Å². The fraction of sp³-hybridized carbons (Fsp3) is 0.533. The number of anilines is 1. The van der Waals surface area contributed by atoms with E-state index in [2.05, 4.69) is 20.3 Å². The minimum atomic E-state index is -0.425. The van der Waals surface area contributed by atoms with Gasteiger partial charge in [-0.3, -0.25) is 0 Å². The highest BCUT2D eigenvalue weighted by molar-refractivity contribution is 6.62. The third kappa shape index (κ3) is 2.34. The molecule has 6 nitrogen and oxygen atoms in total. The van der Waals surface area contributed by atoms with E-state index in [0.717, 1.165) is 16.5 Å². The highest BCUT2D eigenvalue weighted by Gasteiger charge is 2.52. The fourth-order valence-electron chi connectivity index (χ4n) is 2.40. The highest BCUT2D eigenvalue weighted by Crippen LogP contribution is 2.36. The molecular weight excluding hydrogens is 279 g/mol. The molecule has 0 aliphatic carbocycles. The maximum Gasteiger partial charge on any atom is 0.496 e. The van der Waals surface area contributed by atoms with Crippen LogP contribution in [0.3, 0.4) is 0 Å². The van der Waals surface area contributed by atoms with E-state index in [9.17, 15) is 0 Å². The summed E-state index contributed by atoms with van der Waals surface area (Å²) in [5, 5.41) is 3.79. The van der Waals surface area contributed by atoms with Crippen LogP contribution in [-0.4, -0.2) is 40.3 Å². The first-order valence-corrected chi connectivity index (χ1v) is 7.41. The van der Waals surface area contributed by atoms with Crippen molar-refractivity contribution in [3.05, 3.63) is 18.0 Å². The predicted molar refractivity (Wildman–Crippen MR) is 87.3 cm³/mol. The van der Waals surface area contributed by atoms with Crippen LogP contribution in [-0.2, 0) is 9.31 Å². The van der Waals surface area contributed by atoms with Gasteiger partial charge in [0.25, 0.3) is 0 Å². The molecule has 0 saturated carbocycles. The van der Waals surface area contributed by atoms with Gasteiger partial charge in [-0.15, -0.1) is 0 Å². The number of hydrogen-bond donors (Lipinski definition) is 1. The van der Waals surface area contributed by atoms with Gasteiger partial charge >= 0.3 is 7.12 Å². The van der Waals surface area contributed by atoms with Gasteiger partial charge in [-0.05, 0) is 40.7 Å².